The van der Waals surface area contributed by atoms with Gasteiger partial charge in [0, 0.05) is 38.3 Å². The second-order valence-electron chi connectivity index (χ2n) is 6.20. The first-order valence-corrected chi connectivity index (χ1v) is 8.31. The van der Waals surface area contributed by atoms with Crippen molar-refractivity contribution in [2.24, 2.45) is 5.92 Å². The molecule has 1 aliphatic heterocycles. The number of fused-ring (bicyclic) bond motifs is 1. The Balaban J connectivity index is 1.86. The third-order valence-electron chi connectivity index (χ3n) is 4.37. The van der Waals surface area contributed by atoms with Crippen LogP contribution in [0.5, 0.6) is 0 Å². The molecule has 0 bridgehead atoms. The van der Waals surface area contributed by atoms with Crippen LogP contribution in [0, 0.1) is 5.92 Å². The summed E-state index contributed by atoms with van der Waals surface area (Å²) in [5.41, 5.74) is -0.570. The normalized spacial score (nSPS) is 20.1. The number of aliphatic hydroxyl groups excluding tert-OH is 1. The maximum Gasteiger partial charge on any atom is 0.329 e. The predicted octanol–water partition coefficient (Wildman–Crippen LogP) is -1.20. The molecule has 1 aliphatic rings. The van der Waals surface area contributed by atoms with Gasteiger partial charge in [0.15, 0.2) is 0 Å². The molecule has 0 aliphatic carbocycles. The summed E-state index contributed by atoms with van der Waals surface area (Å²) < 4.78 is 1.39. The number of carbonyl (C=O) groups is 1. The first-order chi connectivity index (χ1) is 12.0. The van der Waals surface area contributed by atoms with Gasteiger partial charge < -0.3 is 15.7 Å². The summed E-state index contributed by atoms with van der Waals surface area (Å²) in [4.78, 5) is 42.7. The number of H-pyrrole nitrogens is 1. The largest absolute Gasteiger partial charge is 0.391 e. The number of aryl methyl sites for hydroxylation is 1. The molecule has 1 amide bonds. The molecule has 25 heavy (non-hydrogen) atoms. The van der Waals surface area contributed by atoms with Crippen molar-refractivity contribution in [1.29, 1.82) is 0 Å². The van der Waals surface area contributed by atoms with Gasteiger partial charge in [0.25, 0.3) is 11.5 Å². The van der Waals surface area contributed by atoms with E-state index in [1.165, 1.54) is 16.8 Å². The Hall–Kier alpha value is -2.52. The minimum Gasteiger partial charge on any atom is -0.391 e. The molecule has 3 rings (SSSR count). The van der Waals surface area contributed by atoms with Gasteiger partial charge in [-0.25, -0.2) is 9.78 Å². The molecule has 1 saturated heterocycles. The third kappa shape index (κ3) is 3.47. The first-order valence-electron chi connectivity index (χ1n) is 8.31. The molecule has 2 atom stereocenters. The number of aromatic amines is 1. The highest BCUT2D eigenvalue weighted by molar-refractivity contribution is 5.96. The van der Waals surface area contributed by atoms with Gasteiger partial charge in [-0.05, 0) is 12.5 Å². The highest BCUT2D eigenvalue weighted by atomic mass is 16.3. The molecule has 1 fully saturated rings. The lowest BCUT2D eigenvalue weighted by molar-refractivity contribution is 0.0927. The average molecular weight is 347 g/mol. The van der Waals surface area contributed by atoms with E-state index in [-0.39, 0.29) is 28.4 Å². The molecular weight excluding hydrogens is 326 g/mol. The number of carbonyl (C=O) groups excluding carboxylic acids is 1. The van der Waals surface area contributed by atoms with Crippen LogP contribution in [0.3, 0.4) is 0 Å². The Bertz CT molecular complexity index is 904. The summed E-state index contributed by atoms with van der Waals surface area (Å²) in [5, 5.41) is 15.7. The van der Waals surface area contributed by atoms with Gasteiger partial charge in [0.05, 0.1) is 17.1 Å². The Morgan fingerprint density at radius 1 is 1.44 bits per heavy atom. The van der Waals surface area contributed by atoms with Crippen molar-refractivity contribution in [3.8, 4) is 0 Å². The molecule has 9 heteroatoms. The van der Waals surface area contributed by atoms with Crippen molar-refractivity contribution < 1.29 is 9.90 Å². The minimum atomic E-state index is -0.565. The molecule has 3 heterocycles. The Morgan fingerprint density at radius 2 is 2.24 bits per heavy atom. The van der Waals surface area contributed by atoms with Gasteiger partial charge in [0.2, 0.25) is 0 Å². The maximum atomic E-state index is 12.3. The number of nitrogens with zero attached hydrogens (tertiary/aromatic N) is 2. The molecule has 2 aromatic heterocycles. The van der Waals surface area contributed by atoms with Crippen LogP contribution in [-0.2, 0) is 6.54 Å². The summed E-state index contributed by atoms with van der Waals surface area (Å²) in [6, 6.07) is 1.44. The van der Waals surface area contributed by atoms with E-state index < -0.39 is 17.4 Å². The molecule has 2 unspecified atom stereocenters. The van der Waals surface area contributed by atoms with Gasteiger partial charge in [-0.1, -0.05) is 6.92 Å². The van der Waals surface area contributed by atoms with Gasteiger partial charge in [-0.15, -0.1) is 0 Å². The fraction of sp³-hybridized carbons (Fsp3) is 0.500. The van der Waals surface area contributed by atoms with Crippen LogP contribution < -0.4 is 21.9 Å². The van der Waals surface area contributed by atoms with E-state index in [9.17, 15) is 19.5 Å². The highest BCUT2D eigenvalue weighted by Gasteiger charge is 2.25. The van der Waals surface area contributed by atoms with E-state index >= 15 is 0 Å². The number of aliphatic hydroxyl groups is 1. The molecule has 0 spiro atoms. The van der Waals surface area contributed by atoms with Gasteiger partial charge in [0.1, 0.15) is 5.65 Å². The molecule has 2 aromatic rings. The van der Waals surface area contributed by atoms with E-state index in [1.807, 2.05) is 6.92 Å². The maximum absolute atomic E-state index is 12.3. The van der Waals surface area contributed by atoms with Crippen LogP contribution in [0.15, 0.2) is 21.9 Å². The quantitative estimate of drug-likeness (QED) is 0.538. The summed E-state index contributed by atoms with van der Waals surface area (Å²) in [7, 11) is 0. The number of rotatable bonds is 5. The number of nitrogens with one attached hydrogen (secondary N) is 3. The molecule has 9 nitrogen and oxygen atoms in total. The first kappa shape index (κ1) is 17.3. The van der Waals surface area contributed by atoms with Crippen molar-refractivity contribution in [2.75, 3.05) is 19.6 Å². The molecule has 4 N–H and O–H groups in total. The highest BCUT2D eigenvalue weighted by Crippen LogP contribution is 2.10. The Labute approximate surface area is 143 Å². The molecular formula is C16H21N5O4. The SMILES string of the molecule is CCCn1c(=O)[nH]c(=O)c2cc(C(=O)NCC3CNCC3O)cnc21. The fourth-order valence-corrected chi connectivity index (χ4v) is 2.98. The van der Waals surface area contributed by atoms with Crippen LogP contribution in [-0.4, -0.2) is 51.3 Å². The average Bonchev–Trinajstić information content (AvgIpc) is 3.01. The summed E-state index contributed by atoms with van der Waals surface area (Å²) in [6.45, 7) is 3.83. The smallest absolute Gasteiger partial charge is 0.329 e. The lowest BCUT2D eigenvalue weighted by Crippen LogP contribution is -2.35. The zero-order chi connectivity index (χ0) is 18.0. The number of amides is 1. The Kier molecular flexibility index (Phi) is 4.95. The predicted molar refractivity (Wildman–Crippen MR) is 91.6 cm³/mol. The number of β-amino-alcohol motifs (C(OH)–C–C–N with tert-alkyl or cyclic N) is 1. The second kappa shape index (κ2) is 7.16. The summed E-state index contributed by atoms with van der Waals surface area (Å²) >= 11 is 0. The van der Waals surface area contributed by atoms with E-state index in [2.05, 4.69) is 20.6 Å². The molecule has 0 radical (unpaired) electrons. The molecule has 0 aromatic carbocycles. The van der Waals surface area contributed by atoms with Crippen LogP contribution in [0.1, 0.15) is 23.7 Å². The van der Waals surface area contributed by atoms with Crippen LogP contribution in [0.25, 0.3) is 11.0 Å². The topological polar surface area (TPSA) is 129 Å². The fourth-order valence-electron chi connectivity index (χ4n) is 2.98. The van der Waals surface area contributed by atoms with Crippen molar-refractivity contribution in [1.82, 2.24) is 25.2 Å². The number of hydrogen-bond donors (Lipinski definition) is 4. The molecule has 0 saturated carbocycles. The van der Waals surface area contributed by atoms with E-state index in [4.69, 9.17) is 0 Å². The van der Waals surface area contributed by atoms with E-state index in [1.54, 1.807) is 0 Å². The van der Waals surface area contributed by atoms with Gasteiger partial charge in [-0.2, -0.15) is 0 Å². The lowest BCUT2D eigenvalue weighted by atomic mass is 10.1. The van der Waals surface area contributed by atoms with E-state index in [0.29, 0.717) is 32.6 Å². The van der Waals surface area contributed by atoms with E-state index in [0.717, 1.165) is 0 Å². The van der Waals surface area contributed by atoms with Crippen LogP contribution in [0.2, 0.25) is 0 Å². The number of hydrogen-bond acceptors (Lipinski definition) is 6. The van der Waals surface area contributed by atoms with Crippen LogP contribution >= 0.6 is 0 Å². The second-order valence-corrected chi connectivity index (χ2v) is 6.20. The lowest BCUT2D eigenvalue weighted by Gasteiger charge is -2.14. The van der Waals surface area contributed by atoms with Gasteiger partial charge >= 0.3 is 5.69 Å². The van der Waals surface area contributed by atoms with Crippen molar-refractivity contribution >= 4 is 16.9 Å². The van der Waals surface area contributed by atoms with Crippen LogP contribution in [0.4, 0.5) is 0 Å². The number of aromatic nitrogens is 3. The summed E-state index contributed by atoms with van der Waals surface area (Å²) in [5.74, 6) is -0.420. The monoisotopic (exact) mass is 347 g/mol. The summed E-state index contributed by atoms with van der Waals surface area (Å²) in [6.07, 6.45) is 1.58. The Morgan fingerprint density at radius 3 is 2.92 bits per heavy atom. The minimum absolute atomic E-state index is 0.0458. The zero-order valence-electron chi connectivity index (χ0n) is 13.9. The number of pyridine rings is 1. The third-order valence-corrected chi connectivity index (χ3v) is 4.37. The van der Waals surface area contributed by atoms with Crippen molar-refractivity contribution in [2.45, 2.75) is 26.0 Å². The van der Waals surface area contributed by atoms with Gasteiger partial charge in [-0.3, -0.25) is 19.1 Å². The van der Waals surface area contributed by atoms with Crippen molar-refractivity contribution in [3.05, 3.63) is 38.7 Å². The standard InChI is InChI=1S/C16H21N5O4/c1-2-3-21-13-11(15(24)20-16(21)25)4-9(6-18-13)14(23)19-7-10-5-17-8-12(10)22/h4,6,10,12,17,22H,2-3,5,7-8H2,1H3,(H,19,23)(H,20,24,25). The van der Waals surface area contributed by atoms with Crippen molar-refractivity contribution in [3.63, 3.8) is 0 Å². The zero-order valence-corrected chi connectivity index (χ0v) is 13.9. The molecule has 134 valence electrons.